The standard InChI is InChI=1S/C15H24N6O4/c1-10(17-14(23)25-4)13(22)16-8-11-7-12-9-20(15(24)19(2)3)5-6-21(12)18-11/h7,10H,5-6,8-9H2,1-4H3,(H,16,22)(H,17,23)/t10-/m1/s1. The lowest BCUT2D eigenvalue weighted by molar-refractivity contribution is -0.122. The summed E-state index contributed by atoms with van der Waals surface area (Å²) in [6.45, 7) is 3.50. The van der Waals surface area contributed by atoms with Gasteiger partial charge < -0.3 is 25.2 Å². The van der Waals surface area contributed by atoms with E-state index in [2.05, 4.69) is 20.5 Å². The lowest BCUT2D eigenvalue weighted by atomic mass is 10.2. The van der Waals surface area contributed by atoms with Gasteiger partial charge in [-0.15, -0.1) is 0 Å². The van der Waals surface area contributed by atoms with E-state index < -0.39 is 12.1 Å². The van der Waals surface area contributed by atoms with E-state index in [1.165, 1.54) is 7.11 Å². The van der Waals surface area contributed by atoms with Gasteiger partial charge in [-0.05, 0) is 13.0 Å². The quantitative estimate of drug-likeness (QED) is 0.776. The van der Waals surface area contributed by atoms with Gasteiger partial charge in [0.05, 0.1) is 38.1 Å². The first-order valence-corrected chi connectivity index (χ1v) is 7.95. The summed E-state index contributed by atoms with van der Waals surface area (Å²) in [7, 11) is 4.68. The van der Waals surface area contributed by atoms with E-state index in [0.717, 1.165) is 5.69 Å². The van der Waals surface area contributed by atoms with Crippen LogP contribution < -0.4 is 10.6 Å². The number of ether oxygens (including phenoxy) is 1. The Morgan fingerprint density at radius 1 is 1.36 bits per heavy atom. The van der Waals surface area contributed by atoms with Gasteiger partial charge in [-0.25, -0.2) is 9.59 Å². The zero-order valence-corrected chi connectivity index (χ0v) is 14.9. The van der Waals surface area contributed by atoms with Gasteiger partial charge in [-0.3, -0.25) is 9.48 Å². The Kier molecular flexibility index (Phi) is 5.84. The fraction of sp³-hybridized carbons (Fsp3) is 0.600. The van der Waals surface area contributed by atoms with Gasteiger partial charge in [0, 0.05) is 20.6 Å². The van der Waals surface area contributed by atoms with Gasteiger partial charge >= 0.3 is 12.1 Å². The average molecular weight is 352 g/mol. The maximum atomic E-state index is 12.0. The van der Waals surface area contributed by atoms with E-state index in [0.29, 0.717) is 25.3 Å². The van der Waals surface area contributed by atoms with Crippen molar-refractivity contribution < 1.29 is 19.1 Å². The molecule has 0 spiro atoms. The van der Waals surface area contributed by atoms with Crippen LogP contribution in [0.5, 0.6) is 0 Å². The highest BCUT2D eigenvalue weighted by Crippen LogP contribution is 2.14. The van der Waals surface area contributed by atoms with Crippen LogP contribution in [0.3, 0.4) is 0 Å². The lowest BCUT2D eigenvalue weighted by Crippen LogP contribution is -2.44. The Balaban J connectivity index is 1.90. The molecular formula is C15H24N6O4. The molecule has 0 aliphatic carbocycles. The smallest absolute Gasteiger partial charge is 0.407 e. The molecule has 25 heavy (non-hydrogen) atoms. The second-order valence-electron chi connectivity index (χ2n) is 6.02. The lowest BCUT2D eigenvalue weighted by Gasteiger charge is -2.29. The number of hydrogen-bond acceptors (Lipinski definition) is 5. The number of rotatable bonds is 4. The molecule has 2 heterocycles. The van der Waals surface area contributed by atoms with Gasteiger partial charge in [0.25, 0.3) is 0 Å². The van der Waals surface area contributed by atoms with E-state index in [1.807, 2.05) is 10.7 Å². The zero-order valence-electron chi connectivity index (χ0n) is 14.9. The summed E-state index contributed by atoms with van der Waals surface area (Å²) in [4.78, 5) is 38.4. The van der Waals surface area contributed by atoms with E-state index in [4.69, 9.17) is 0 Å². The van der Waals surface area contributed by atoms with E-state index >= 15 is 0 Å². The second kappa shape index (κ2) is 7.86. The first-order chi connectivity index (χ1) is 11.8. The fourth-order valence-electron chi connectivity index (χ4n) is 2.49. The topological polar surface area (TPSA) is 109 Å². The van der Waals surface area contributed by atoms with Crippen molar-refractivity contribution in [3.05, 3.63) is 17.5 Å². The van der Waals surface area contributed by atoms with E-state index in [9.17, 15) is 14.4 Å². The third kappa shape index (κ3) is 4.61. The van der Waals surface area contributed by atoms with Crippen LogP contribution in [-0.2, 0) is 29.2 Å². The van der Waals surface area contributed by atoms with Crippen molar-refractivity contribution in [1.29, 1.82) is 0 Å². The summed E-state index contributed by atoms with van der Waals surface area (Å²) in [6.07, 6.45) is -0.661. The Hall–Kier alpha value is -2.78. The molecule has 0 saturated carbocycles. The summed E-state index contributed by atoms with van der Waals surface area (Å²) in [6, 6.07) is 1.12. The molecule has 1 atom stereocenters. The third-order valence-corrected chi connectivity index (χ3v) is 3.86. The van der Waals surface area contributed by atoms with Gasteiger partial charge in [0.1, 0.15) is 6.04 Å². The molecule has 2 rings (SSSR count). The molecule has 0 radical (unpaired) electrons. The summed E-state index contributed by atoms with van der Waals surface area (Å²) in [5.41, 5.74) is 1.62. The molecule has 138 valence electrons. The molecule has 0 saturated heterocycles. The maximum absolute atomic E-state index is 12.0. The van der Waals surface area contributed by atoms with Crippen LogP contribution in [0.15, 0.2) is 6.07 Å². The van der Waals surface area contributed by atoms with Crippen molar-refractivity contribution in [2.75, 3.05) is 27.7 Å². The largest absolute Gasteiger partial charge is 0.453 e. The summed E-state index contributed by atoms with van der Waals surface area (Å²) >= 11 is 0. The molecule has 10 heteroatoms. The van der Waals surface area contributed by atoms with Crippen molar-refractivity contribution >= 4 is 18.0 Å². The minimum atomic E-state index is -0.710. The van der Waals surface area contributed by atoms with Crippen molar-refractivity contribution in [3.63, 3.8) is 0 Å². The highest BCUT2D eigenvalue weighted by atomic mass is 16.5. The molecule has 0 bridgehead atoms. The van der Waals surface area contributed by atoms with Crippen LogP contribution in [0.2, 0.25) is 0 Å². The van der Waals surface area contributed by atoms with Crippen LogP contribution in [0.4, 0.5) is 9.59 Å². The Morgan fingerprint density at radius 2 is 2.08 bits per heavy atom. The number of carbonyl (C=O) groups is 3. The first kappa shape index (κ1) is 18.6. The Morgan fingerprint density at radius 3 is 2.72 bits per heavy atom. The van der Waals surface area contributed by atoms with Crippen molar-refractivity contribution in [2.24, 2.45) is 0 Å². The van der Waals surface area contributed by atoms with E-state index in [1.54, 1.807) is 30.8 Å². The number of amides is 4. The van der Waals surface area contributed by atoms with Gasteiger partial charge in [0.15, 0.2) is 0 Å². The minimum Gasteiger partial charge on any atom is -0.453 e. The molecule has 2 N–H and O–H groups in total. The molecule has 1 aliphatic heterocycles. The predicted molar refractivity (Wildman–Crippen MR) is 88.6 cm³/mol. The maximum Gasteiger partial charge on any atom is 0.407 e. The van der Waals surface area contributed by atoms with Crippen molar-refractivity contribution in [1.82, 2.24) is 30.2 Å². The zero-order chi connectivity index (χ0) is 18.6. The SMILES string of the molecule is COC(=O)N[C@H](C)C(=O)NCc1cc2n(n1)CCN(C(=O)N(C)C)C2. The van der Waals surface area contributed by atoms with Gasteiger partial charge in [-0.2, -0.15) is 5.10 Å². The summed E-state index contributed by atoms with van der Waals surface area (Å²) in [5.74, 6) is -0.333. The molecule has 0 aromatic carbocycles. The monoisotopic (exact) mass is 352 g/mol. The van der Waals surface area contributed by atoms with Crippen LogP contribution >= 0.6 is 0 Å². The predicted octanol–water partition coefficient (Wildman–Crippen LogP) is -0.259. The normalized spacial score (nSPS) is 14.3. The molecule has 1 aromatic heterocycles. The summed E-state index contributed by atoms with van der Waals surface area (Å²) < 4.78 is 6.30. The van der Waals surface area contributed by atoms with Crippen molar-refractivity contribution in [3.8, 4) is 0 Å². The third-order valence-electron chi connectivity index (χ3n) is 3.86. The van der Waals surface area contributed by atoms with Crippen molar-refractivity contribution in [2.45, 2.75) is 32.6 Å². The number of nitrogens with one attached hydrogen (secondary N) is 2. The van der Waals surface area contributed by atoms with Gasteiger partial charge in [0.2, 0.25) is 5.91 Å². The van der Waals surface area contributed by atoms with Crippen LogP contribution in [0.25, 0.3) is 0 Å². The molecule has 1 aliphatic rings. The number of carbonyl (C=O) groups excluding carboxylic acids is 3. The molecule has 1 aromatic rings. The summed E-state index contributed by atoms with van der Waals surface area (Å²) in [5, 5.41) is 9.55. The highest BCUT2D eigenvalue weighted by Gasteiger charge is 2.23. The number of urea groups is 1. The minimum absolute atomic E-state index is 0.0370. The number of nitrogens with zero attached hydrogens (tertiary/aromatic N) is 4. The number of fused-ring (bicyclic) bond motifs is 1. The fourth-order valence-corrected chi connectivity index (χ4v) is 2.49. The number of aromatic nitrogens is 2. The van der Waals surface area contributed by atoms with Crippen LogP contribution in [0.1, 0.15) is 18.3 Å². The Bertz CT molecular complexity index is 656. The number of hydrogen-bond donors (Lipinski definition) is 2. The van der Waals surface area contributed by atoms with E-state index in [-0.39, 0.29) is 18.5 Å². The highest BCUT2D eigenvalue weighted by molar-refractivity contribution is 5.85. The molecule has 10 nitrogen and oxygen atoms in total. The molecule has 0 unspecified atom stereocenters. The molecular weight excluding hydrogens is 328 g/mol. The Labute approximate surface area is 146 Å². The number of alkyl carbamates (subject to hydrolysis) is 1. The number of methoxy groups -OCH3 is 1. The second-order valence-corrected chi connectivity index (χ2v) is 6.02. The van der Waals surface area contributed by atoms with Crippen LogP contribution in [0, 0.1) is 0 Å². The first-order valence-electron chi connectivity index (χ1n) is 7.95. The molecule has 4 amide bonds. The van der Waals surface area contributed by atoms with Gasteiger partial charge in [-0.1, -0.05) is 0 Å². The average Bonchev–Trinajstić information content (AvgIpc) is 3.00. The molecule has 0 fully saturated rings. The van der Waals surface area contributed by atoms with Crippen LogP contribution in [-0.4, -0.2) is 71.4 Å².